The van der Waals surface area contributed by atoms with Crippen molar-refractivity contribution in [2.75, 3.05) is 37.6 Å². The Kier molecular flexibility index (Phi) is 6.04. The zero-order valence-corrected chi connectivity index (χ0v) is 15.5. The van der Waals surface area contributed by atoms with Gasteiger partial charge in [-0.2, -0.15) is 13.2 Å². The van der Waals surface area contributed by atoms with Crippen molar-refractivity contribution in [2.45, 2.75) is 12.6 Å². The number of aromatic carboxylic acids is 1. The van der Waals surface area contributed by atoms with Gasteiger partial charge >= 0.3 is 12.1 Å². The standard InChI is InChI=1S/C18H18ClF3N4O2/c19-13-1-2-14(18(20,21)22)12(11-13)5-6-25-7-9-26(10-8-25)16-4-3-15(17(27)28)23-24-16/h1-4,11H,5-10H2,(H,27,28). The lowest BCUT2D eigenvalue weighted by Crippen LogP contribution is -2.47. The lowest BCUT2D eigenvalue weighted by molar-refractivity contribution is -0.138. The zero-order chi connectivity index (χ0) is 20.3. The zero-order valence-electron chi connectivity index (χ0n) is 14.8. The highest BCUT2D eigenvalue weighted by Gasteiger charge is 2.33. The highest BCUT2D eigenvalue weighted by molar-refractivity contribution is 6.30. The van der Waals surface area contributed by atoms with Crippen LogP contribution in [0.25, 0.3) is 0 Å². The fraction of sp³-hybridized carbons (Fsp3) is 0.389. The predicted octanol–water partition coefficient (Wildman–Crippen LogP) is 3.21. The van der Waals surface area contributed by atoms with E-state index in [4.69, 9.17) is 16.7 Å². The van der Waals surface area contributed by atoms with Crippen molar-refractivity contribution in [3.05, 3.63) is 52.2 Å². The van der Waals surface area contributed by atoms with Gasteiger partial charge in [-0.3, -0.25) is 4.90 Å². The highest BCUT2D eigenvalue weighted by atomic mass is 35.5. The van der Waals surface area contributed by atoms with Crippen LogP contribution in [0.4, 0.5) is 19.0 Å². The molecule has 0 amide bonds. The molecule has 0 bridgehead atoms. The molecule has 1 aromatic carbocycles. The van der Waals surface area contributed by atoms with Crippen LogP contribution in [0.2, 0.25) is 5.02 Å². The van der Waals surface area contributed by atoms with E-state index in [-0.39, 0.29) is 22.7 Å². The van der Waals surface area contributed by atoms with Gasteiger partial charge in [-0.15, -0.1) is 10.2 Å². The van der Waals surface area contributed by atoms with Crippen LogP contribution in [0.1, 0.15) is 21.6 Å². The van der Waals surface area contributed by atoms with Gasteiger partial charge < -0.3 is 10.0 Å². The summed E-state index contributed by atoms with van der Waals surface area (Å²) in [5.74, 6) is -0.554. The molecule has 0 spiro atoms. The molecule has 0 radical (unpaired) electrons. The van der Waals surface area contributed by atoms with Gasteiger partial charge in [0.1, 0.15) is 0 Å². The number of nitrogens with zero attached hydrogens (tertiary/aromatic N) is 4. The summed E-state index contributed by atoms with van der Waals surface area (Å²) in [7, 11) is 0. The Hall–Kier alpha value is -2.39. The summed E-state index contributed by atoms with van der Waals surface area (Å²) in [5.41, 5.74) is -0.578. The number of benzene rings is 1. The summed E-state index contributed by atoms with van der Waals surface area (Å²) in [6.45, 7) is 3.06. The summed E-state index contributed by atoms with van der Waals surface area (Å²) in [6.07, 6.45) is -4.15. The summed E-state index contributed by atoms with van der Waals surface area (Å²) in [4.78, 5) is 14.9. The average Bonchev–Trinajstić information content (AvgIpc) is 2.66. The first-order valence-electron chi connectivity index (χ1n) is 8.64. The fourth-order valence-electron chi connectivity index (χ4n) is 3.13. The van der Waals surface area contributed by atoms with Gasteiger partial charge in [0.15, 0.2) is 11.5 Å². The smallest absolute Gasteiger partial charge is 0.416 e. The van der Waals surface area contributed by atoms with Gasteiger partial charge in [-0.05, 0) is 42.3 Å². The van der Waals surface area contributed by atoms with Crippen molar-refractivity contribution in [1.29, 1.82) is 0 Å². The van der Waals surface area contributed by atoms with Crippen LogP contribution in [0.15, 0.2) is 30.3 Å². The summed E-state index contributed by atoms with van der Waals surface area (Å²) in [5, 5.41) is 16.7. The van der Waals surface area contributed by atoms with Crippen molar-refractivity contribution in [1.82, 2.24) is 15.1 Å². The van der Waals surface area contributed by atoms with E-state index in [0.29, 0.717) is 38.5 Å². The van der Waals surface area contributed by atoms with Crippen LogP contribution in [0.5, 0.6) is 0 Å². The van der Waals surface area contributed by atoms with Crippen molar-refractivity contribution in [3.63, 3.8) is 0 Å². The van der Waals surface area contributed by atoms with E-state index >= 15 is 0 Å². The third-order valence-corrected chi connectivity index (χ3v) is 4.87. The van der Waals surface area contributed by atoms with Crippen LogP contribution in [0, 0.1) is 0 Å². The van der Waals surface area contributed by atoms with Gasteiger partial charge in [0.25, 0.3) is 0 Å². The quantitative estimate of drug-likeness (QED) is 0.810. The lowest BCUT2D eigenvalue weighted by Gasteiger charge is -2.35. The van der Waals surface area contributed by atoms with E-state index in [0.717, 1.165) is 6.07 Å². The maximum Gasteiger partial charge on any atom is 0.416 e. The van der Waals surface area contributed by atoms with Crippen LogP contribution >= 0.6 is 11.6 Å². The molecule has 10 heteroatoms. The lowest BCUT2D eigenvalue weighted by atomic mass is 10.0. The van der Waals surface area contributed by atoms with Gasteiger partial charge in [0.2, 0.25) is 0 Å². The maximum absolute atomic E-state index is 13.1. The Morgan fingerprint density at radius 3 is 2.39 bits per heavy atom. The molecule has 1 fully saturated rings. The Labute approximate surface area is 164 Å². The molecule has 2 heterocycles. The van der Waals surface area contributed by atoms with Gasteiger partial charge in [0, 0.05) is 37.7 Å². The van der Waals surface area contributed by atoms with Gasteiger partial charge in [-0.25, -0.2) is 4.79 Å². The van der Waals surface area contributed by atoms with E-state index in [1.165, 1.54) is 18.2 Å². The molecule has 0 saturated carbocycles. The Morgan fingerprint density at radius 1 is 1.11 bits per heavy atom. The number of hydrogen-bond acceptors (Lipinski definition) is 5. The minimum Gasteiger partial charge on any atom is -0.476 e. The van der Waals surface area contributed by atoms with Crippen molar-refractivity contribution in [3.8, 4) is 0 Å². The third kappa shape index (κ3) is 4.90. The number of carboxylic acid groups (broad SMARTS) is 1. The second kappa shape index (κ2) is 8.32. The summed E-state index contributed by atoms with van der Waals surface area (Å²) in [6, 6.07) is 6.65. The molecule has 2 aromatic rings. The number of anilines is 1. The molecule has 1 aliphatic heterocycles. The largest absolute Gasteiger partial charge is 0.476 e. The molecule has 3 rings (SSSR count). The Morgan fingerprint density at radius 2 is 1.82 bits per heavy atom. The SMILES string of the molecule is O=C(O)c1ccc(N2CCN(CCc3cc(Cl)ccc3C(F)(F)F)CC2)nn1. The van der Waals surface area contributed by atoms with Gasteiger partial charge in [-0.1, -0.05) is 11.6 Å². The van der Waals surface area contributed by atoms with E-state index in [1.54, 1.807) is 6.07 Å². The number of carbonyl (C=O) groups is 1. The molecule has 0 atom stereocenters. The molecule has 28 heavy (non-hydrogen) atoms. The molecular formula is C18H18ClF3N4O2. The highest BCUT2D eigenvalue weighted by Crippen LogP contribution is 2.33. The van der Waals surface area contributed by atoms with E-state index < -0.39 is 17.7 Å². The first-order valence-corrected chi connectivity index (χ1v) is 9.02. The van der Waals surface area contributed by atoms with Crippen LogP contribution in [-0.2, 0) is 12.6 Å². The molecule has 1 N–H and O–H groups in total. The summed E-state index contributed by atoms with van der Waals surface area (Å²) < 4.78 is 39.4. The summed E-state index contributed by atoms with van der Waals surface area (Å²) >= 11 is 5.87. The van der Waals surface area contributed by atoms with E-state index in [2.05, 4.69) is 15.1 Å². The number of alkyl halides is 3. The fourth-order valence-corrected chi connectivity index (χ4v) is 3.33. The van der Waals surface area contributed by atoms with Crippen LogP contribution < -0.4 is 4.90 Å². The van der Waals surface area contributed by atoms with Crippen molar-refractivity contribution in [2.24, 2.45) is 0 Å². The molecule has 1 saturated heterocycles. The van der Waals surface area contributed by atoms with Gasteiger partial charge in [0.05, 0.1) is 5.56 Å². The number of hydrogen-bond donors (Lipinski definition) is 1. The number of piperazine rings is 1. The van der Waals surface area contributed by atoms with Crippen LogP contribution in [0.3, 0.4) is 0 Å². The maximum atomic E-state index is 13.1. The molecule has 1 aliphatic rings. The minimum atomic E-state index is -4.40. The molecule has 0 unspecified atom stereocenters. The van der Waals surface area contributed by atoms with Crippen molar-refractivity contribution < 1.29 is 23.1 Å². The second-order valence-corrected chi connectivity index (χ2v) is 6.90. The van der Waals surface area contributed by atoms with Crippen LogP contribution in [-0.4, -0.2) is 58.9 Å². The topological polar surface area (TPSA) is 69.6 Å². The number of aromatic nitrogens is 2. The number of halogens is 4. The first-order chi connectivity index (χ1) is 13.2. The molecule has 150 valence electrons. The second-order valence-electron chi connectivity index (χ2n) is 6.46. The molecule has 6 nitrogen and oxygen atoms in total. The minimum absolute atomic E-state index is 0.121. The monoisotopic (exact) mass is 414 g/mol. The predicted molar refractivity (Wildman–Crippen MR) is 97.8 cm³/mol. The number of rotatable bonds is 5. The molecule has 0 aliphatic carbocycles. The Balaban J connectivity index is 1.57. The third-order valence-electron chi connectivity index (χ3n) is 4.64. The number of carboxylic acids is 1. The Bertz CT molecular complexity index is 838. The normalized spacial score (nSPS) is 15.6. The van der Waals surface area contributed by atoms with Crippen molar-refractivity contribution >= 4 is 23.4 Å². The van der Waals surface area contributed by atoms with E-state index in [1.807, 2.05) is 4.90 Å². The van der Waals surface area contributed by atoms with E-state index in [9.17, 15) is 18.0 Å². The average molecular weight is 415 g/mol. The first kappa shape index (κ1) is 20.3. The molecular weight excluding hydrogens is 397 g/mol. The molecule has 1 aromatic heterocycles.